The van der Waals surface area contributed by atoms with Gasteiger partial charge in [0.05, 0.1) is 11.6 Å². The van der Waals surface area contributed by atoms with Crippen LogP contribution in [0.4, 0.5) is 5.69 Å². The Hall–Kier alpha value is -2.33. The number of amides is 1. The van der Waals surface area contributed by atoms with Crippen LogP contribution in [-0.2, 0) is 0 Å². The summed E-state index contributed by atoms with van der Waals surface area (Å²) >= 11 is 0. The van der Waals surface area contributed by atoms with Crippen LogP contribution in [0.3, 0.4) is 0 Å². The molecule has 5 aliphatic rings. The van der Waals surface area contributed by atoms with Gasteiger partial charge in [0.15, 0.2) is 0 Å². The van der Waals surface area contributed by atoms with E-state index in [4.69, 9.17) is 0 Å². The molecule has 0 radical (unpaired) electrons. The highest BCUT2D eigenvalue weighted by Crippen LogP contribution is 2.47. The number of hydrogen-bond donors (Lipinski definition) is 0. The van der Waals surface area contributed by atoms with E-state index in [0.717, 1.165) is 30.9 Å². The molecule has 5 heterocycles. The summed E-state index contributed by atoms with van der Waals surface area (Å²) in [4.78, 5) is 21.4. The monoisotopic (exact) mass is 401 g/mol. The molecule has 0 aromatic heterocycles. The van der Waals surface area contributed by atoms with Crippen molar-refractivity contribution in [2.45, 2.75) is 43.7 Å². The van der Waals surface area contributed by atoms with E-state index in [1.807, 2.05) is 6.07 Å². The maximum Gasteiger partial charge on any atom is 0.256 e. The summed E-state index contributed by atoms with van der Waals surface area (Å²) in [5.41, 5.74) is 3.44. The Bertz CT molecular complexity index is 915. The molecule has 5 fully saturated rings. The van der Waals surface area contributed by atoms with Crippen LogP contribution < -0.4 is 4.90 Å². The number of hydrogen-bond acceptors (Lipinski definition) is 3. The molecule has 0 unspecified atom stereocenters. The average Bonchev–Trinajstić information content (AvgIpc) is 3.50. The fourth-order valence-electron chi connectivity index (χ4n) is 6.69. The van der Waals surface area contributed by atoms with Gasteiger partial charge in [0.25, 0.3) is 5.91 Å². The number of para-hydroxylation sites is 1. The maximum absolute atomic E-state index is 14.0. The van der Waals surface area contributed by atoms with Gasteiger partial charge in [-0.3, -0.25) is 9.69 Å². The summed E-state index contributed by atoms with van der Waals surface area (Å²) in [7, 11) is 0. The molecule has 4 nitrogen and oxygen atoms in total. The molecule has 5 aliphatic heterocycles. The Morgan fingerprint density at radius 2 is 1.50 bits per heavy atom. The van der Waals surface area contributed by atoms with Gasteiger partial charge in [-0.15, -0.1) is 0 Å². The summed E-state index contributed by atoms with van der Waals surface area (Å²) in [6.45, 7) is 5.38. The first-order chi connectivity index (χ1) is 14.8. The number of carbonyl (C=O) groups is 1. The van der Waals surface area contributed by atoms with Crippen molar-refractivity contribution >= 4 is 11.6 Å². The lowest BCUT2D eigenvalue weighted by molar-refractivity contribution is -0.00338. The number of likely N-dealkylation sites (tertiary alicyclic amines) is 1. The molecule has 30 heavy (non-hydrogen) atoms. The number of carbonyl (C=O) groups excluding carboxylic acids is 1. The minimum Gasteiger partial charge on any atom is -0.371 e. The lowest BCUT2D eigenvalue weighted by atomic mass is 9.75. The van der Waals surface area contributed by atoms with E-state index in [9.17, 15) is 4.79 Å². The first-order valence-electron chi connectivity index (χ1n) is 11.8. The van der Waals surface area contributed by atoms with Gasteiger partial charge in [-0.2, -0.15) is 0 Å². The third-order valence-corrected chi connectivity index (χ3v) is 8.06. The molecule has 0 N–H and O–H groups in total. The van der Waals surface area contributed by atoms with Crippen LogP contribution in [0.1, 0.15) is 47.5 Å². The van der Waals surface area contributed by atoms with E-state index in [1.54, 1.807) is 0 Å². The highest BCUT2D eigenvalue weighted by Gasteiger charge is 2.54. The molecule has 4 heteroatoms. The summed E-state index contributed by atoms with van der Waals surface area (Å²) in [5.74, 6) is 1.32. The SMILES string of the molecule is O=C(c1ccccc1N1CCCC1)N1C[C@H](c2ccccc2)[C@H]2[C@@H]1C1CCN2CC1. The zero-order chi connectivity index (χ0) is 20.1. The van der Waals surface area contributed by atoms with E-state index < -0.39 is 0 Å². The number of nitrogens with zero attached hydrogens (tertiary/aromatic N) is 3. The van der Waals surface area contributed by atoms with Crippen LogP contribution in [0.2, 0.25) is 0 Å². The van der Waals surface area contributed by atoms with Crippen molar-refractivity contribution in [3.8, 4) is 0 Å². The second-order valence-corrected chi connectivity index (χ2v) is 9.54. The van der Waals surface area contributed by atoms with Crippen LogP contribution in [-0.4, -0.2) is 60.5 Å². The van der Waals surface area contributed by atoms with E-state index in [2.05, 4.69) is 63.2 Å². The number of fused-ring (bicyclic) bond motifs is 2. The lowest BCUT2D eigenvalue weighted by Crippen LogP contribution is -2.60. The van der Waals surface area contributed by atoms with Gasteiger partial charge in [-0.1, -0.05) is 42.5 Å². The van der Waals surface area contributed by atoms with E-state index in [-0.39, 0.29) is 5.91 Å². The van der Waals surface area contributed by atoms with Gasteiger partial charge in [0.1, 0.15) is 0 Å². The quantitative estimate of drug-likeness (QED) is 0.778. The predicted molar refractivity (Wildman–Crippen MR) is 120 cm³/mol. The summed E-state index contributed by atoms with van der Waals surface area (Å²) in [6.07, 6.45) is 4.93. The van der Waals surface area contributed by atoms with Crippen molar-refractivity contribution in [3.63, 3.8) is 0 Å². The van der Waals surface area contributed by atoms with Crippen LogP contribution in [0, 0.1) is 5.92 Å². The van der Waals surface area contributed by atoms with Gasteiger partial charge < -0.3 is 9.80 Å². The first kappa shape index (κ1) is 18.4. The van der Waals surface area contributed by atoms with Crippen molar-refractivity contribution in [2.24, 2.45) is 5.92 Å². The molecular weight excluding hydrogens is 370 g/mol. The topological polar surface area (TPSA) is 26.8 Å². The molecule has 3 atom stereocenters. The van der Waals surface area contributed by atoms with Crippen molar-refractivity contribution < 1.29 is 4.79 Å². The van der Waals surface area contributed by atoms with Gasteiger partial charge in [-0.25, -0.2) is 0 Å². The standard InChI is InChI=1S/C26H31N3O/c30-26(21-10-4-5-11-23(21)27-14-6-7-15-27)29-18-22(19-8-2-1-3-9-19)25-24(29)20-12-16-28(25)17-13-20/h1-5,8-11,20,22,24-25H,6-7,12-18H2/t22-,24+,25+/m1/s1. The summed E-state index contributed by atoms with van der Waals surface area (Å²) in [6, 6.07) is 20.1. The summed E-state index contributed by atoms with van der Waals surface area (Å²) in [5, 5.41) is 0. The minimum absolute atomic E-state index is 0.250. The predicted octanol–water partition coefficient (Wildman–Crippen LogP) is 3.99. The van der Waals surface area contributed by atoms with Gasteiger partial charge in [0.2, 0.25) is 0 Å². The highest BCUT2D eigenvalue weighted by molar-refractivity contribution is 6.00. The Morgan fingerprint density at radius 1 is 0.800 bits per heavy atom. The van der Waals surface area contributed by atoms with E-state index in [1.165, 1.54) is 44.3 Å². The lowest BCUT2D eigenvalue weighted by Gasteiger charge is -2.51. The minimum atomic E-state index is 0.250. The van der Waals surface area contributed by atoms with Gasteiger partial charge in [-0.05, 0) is 62.4 Å². The van der Waals surface area contributed by atoms with Crippen LogP contribution in [0.15, 0.2) is 54.6 Å². The highest BCUT2D eigenvalue weighted by atomic mass is 16.2. The molecule has 7 rings (SSSR count). The zero-order valence-electron chi connectivity index (χ0n) is 17.6. The van der Waals surface area contributed by atoms with Gasteiger partial charge >= 0.3 is 0 Å². The maximum atomic E-state index is 14.0. The molecular formula is C26H31N3O. The van der Waals surface area contributed by atoms with Crippen molar-refractivity contribution in [1.29, 1.82) is 0 Å². The molecule has 2 aromatic carbocycles. The smallest absolute Gasteiger partial charge is 0.256 e. The molecule has 2 aromatic rings. The molecule has 1 amide bonds. The Balaban J connectivity index is 1.37. The van der Waals surface area contributed by atoms with E-state index >= 15 is 0 Å². The second kappa shape index (κ2) is 7.42. The van der Waals surface area contributed by atoms with Crippen LogP contribution in [0.25, 0.3) is 0 Å². The molecule has 0 aliphatic carbocycles. The van der Waals surface area contributed by atoms with Crippen molar-refractivity contribution in [3.05, 3.63) is 65.7 Å². The number of piperidine rings is 3. The molecule has 0 spiro atoms. The molecule has 0 saturated carbocycles. The molecule has 2 bridgehead atoms. The number of rotatable bonds is 3. The Morgan fingerprint density at radius 3 is 2.27 bits per heavy atom. The average molecular weight is 402 g/mol. The number of benzene rings is 2. The van der Waals surface area contributed by atoms with Crippen LogP contribution >= 0.6 is 0 Å². The second-order valence-electron chi connectivity index (χ2n) is 9.54. The van der Waals surface area contributed by atoms with Gasteiger partial charge in [0, 0.05) is 37.3 Å². The Kier molecular flexibility index (Phi) is 4.56. The third kappa shape index (κ3) is 2.88. The number of anilines is 1. The first-order valence-corrected chi connectivity index (χ1v) is 11.8. The molecule has 5 saturated heterocycles. The van der Waals surface area contributed by atoms with Crippen molar-refractivity contribution in [2.75, 3.05) is 37.6 Å². The molecule has 156 valence electrons. The fourth-order valence-corrected chi connectivity index (χ4v) is 6.69. The largest absolute Gasteiger partial charge is 0.371 e. The Labute approximate surface area is 179 Å². The van der Waals surface area contributed by atoms with E-state index in [0.29, 0.717) is 23.9 Å². The van der Waals surface area contributed by atoms with Crippen LogP contribution in [0.5, 0.6) is 0 Å². The fraction of sp³-hybridized carbons (Fsp3) is 0.500. The zero-order valence-corrected chi connectivity index (χ0v) is 17.6. The van der Waals surface area contributed by atoms with Crippen molar-refractivity contribution in [1.82, 2.24) is 9.80 Å². The normalized spacial score (nSPS) is 32.5. The summed E-state index contributed by atoms with van der Waals surface area (Å²) < 4.78 is 0. The third-order valence-electron chi connectivity index (χ3n) is 8.06.